The molecule has 2 heterocycles. The van der Waals surface area contributed by atoms with Crippen LogP contribution in [0.15, 0.2) is 0 Å². The van der Waals surface area contributed by atoms with Crippen molar-refractivity contribution in [1.29, 1.82) is 0 Å². The number of carboxylic acid groups (broad SMARTS) is 1. The molecule has 2 unspecified atom stereocenters. The van der Waals surface area contributed by atoms with Gasteiger partial charge in [-0.25, -0.2) is 4.79 Å². The third-order valence-corrected chi connectivity index (χ3v) is 5.57. The predicted octanol–water partition coefficient (Wildman–Crippen LogP) is 1.17. The predicted molar refractivity (Wildman–Crippen MR) is 78.0 cm³/mol. The maximum absolute atomic E-state index is 12.0. The molecule has 3 fully saturated rings. The Morgan fingerprint density at radius 3 is 2.38 bits per heavy atom. The van der Waals surface area contributed by atoms with Crippen LogP contribution in [-0.2, 0) is 4.79 Å². The fourth-order valence-electron chi connectivity index (χ4n) is 3.84. The molecule has 21 heavy (non-hydrogen) atoms. The summed E-state index contributed by atoms with van der Waals surface area (Å²) in [5.74, 6) is -0.795. The number of carbonyl (C=O) groups excluding carboxylic acids is 1. The highest BCUT2D eigenvalue weighted by molar-refractivity contribution is 5.80. The number of aliphatic carboxylic acids is 1. The lowest BCUT2D eigenvalue weighted by atomic mass is 9.82. The number of hydrogen-bond donors (Lipinski definition) is 3. The summed E-state index contributed by atoms with van der Waals surface area (Å²) < 4.78 is 0. The Balaban J connectivity index is 1.46. The second-order valence-corrected chi connectivity index (χ2v) is 6.98. The highest BCUT2D eigenvalue weighted by Crippen LogP contribution is 2.45. The van der Waals surface area contributed by atoms with Gasteiger partial charge in [-0.05, 0) is 45.6 Å². The number of rotatable bonds is 4. The minimum atomic E-state index is -0.795. The van der Waals surface area contributed by atoms with E-state index in [1.165, 1.54) is 19.3 Å². The summed E-state index contributed by atoms with van der Waals surface area (Å²) >= 11 is 0. The molecule has 3 N–H and O–H groups in total. The lowest BCUT2D eigenvalue weighted by Crippen LogP contribution is -2.56. The molecule has 1 aliphatic carbocycles. The first-order valence-corrected chi connectivity index (χ1v) is 8.00. The number of fused-ring (bicyclic) bond motifs is 2. The lowest BCUT2D eigenvalue weighted by Gasteiger charge is -2.47. The van der Waals surface area contributed by atoms with Crippen molar-refractivity contribution < 1.29 is 14.7 Å². The van der Waals surface area contributed by atoms with Gasteiger partial charge in [0.15, 0.2) is 0 Å². The molecule has 0 aromatic heterocycles. The Labute approximate surface area is 125 Å². The summed E-state index contributed by atoms with van der Waals surface area (Å²) in [7, 11) is 2.19. The van der Waals surface area contributed by atoms with Crippen molar-refractivity contribution in [3.05, 3.63) is 0 Å². The summed E-state index contributed by atoms with van der Waals surface area (Å²) in [6.07, 6.45) is 7.07. The van der Waals surface area contributed by atoms with Gasteiger partial charge >= 0.3 is 12.0 Å². The quantitative estimate of drug-likeness (QED) is 0.727. The fourth-order valence-corrected chi connectivity index (χ4v) is 3.84. The van der Waals surface area contributed by atoms with E-state index in [0.717, 1.165) is 12.8 Å². The average Bonchev–Trinajstić information content (AvgIpc) is 3.19. The number of hydrogen-bond acceptors (Lipinski definition) is 3. The Morgan fingerprint density at radius 1 is 1.24 bits per heavy atom. The van der Waals surface area contributed by atoms with Gasteiger partial charge < -0.3 is 20.6 Å². The third kappa shape index (κ3) is 3.00. The second kappa shape index (κ2) is 5.48. The zero-order valence-corrected chi connectivity index (χ0v) is 12.6. The molecule has 0 aromatic rings. The van der Waals surface area contributed by atoms with E-state index in [-0.39, 0.29) is 18.6 Å². The summed E-state index contributed by atoms with van der Waals surface area (Å²) in [5, 5.41) is 14.9. The van der Waals surface area contributed by atoms with Gasteiger partial charge in [-0.3, -0.25) is 4.79 Å². The van der Waals surface area contributed by atoms with Crippen molar-refractivity contribution >= 4 is 12.0 Å². The van der Waals surface area contributed by atoms with Gasteiger partial charge in [0, 0.05) is 24.7 Å². The maximum Gasteiger partial charge on any atom is 0.315 e. The van der Waals surface area contributed by atoms with E-state index in [1.807, 2.05) is 0 Å². The van der Waals surface area contributed by atoms with Crippen LogP contribution in [0.4, 0.5) is 4.79 Å². The normalized spacial score (nSPS) is 34.0. The molecule has 6 nitrogen and oxygen atoms in total. The number of nitrogens with zero attached hydrogens (tertiary/aromatic N) is 1. The summed E-state index contributed by atoms with van der Waals surface area (Å²) in [6.45, 7) is 0.244. The fraction of sp³-hybridized carbons (Fsp3) is 0.867. The van der Waals surface area contributed by atoms with Crippen molar-refractivity contribution in [1.82, 2.24) is 15.5 Å². The Bertz CT molecular complexity index is 422. The third-order valence-electron chi connectivity index (χ3n) is 5.57. The molecule has 3 rings (SSSR count). The van der Waals surface area contributed by atoms with Gasteiger partial charge in [0.1, 0.15) is 0 Å². The molecule has 2 saturated heterocycles. The zero-order valence-electron chi connectivity index (χ0n) is 12.6. The van der Waals surface area contributed by atoms with Crippen LogP contribution in [0, 0.1) is 5.41 Å². The molecule has 0 radical (unpaired) electrons. The minimum Gasteiger partial charge on any atom is -0.481 e. The first-order chi connectivity index (χ1) is 10.00. The SMILES string of the molecule is CN1C2CCCC1CC(NC(=O)NCC1(C(=O)O)CC1)C2. The first kappa shape index (κ1) is 14.6. The van der Waals surface area contributed by atoms with Gasteiger partial charge in [-0.15, -0.1) is 0 Å². The van der Waals surface area contributed by atoms with Crippen LogP contribution in [0.25, 0.3) is 0 Å². The van der Waals surface area contributed by atoms with Crippen LogP contribution in [0.3, 0.4) is 0 Å². The van der Waals surface area contributed by atoms with Gasteiger partial charge in [0.25, 0.3) is 0 Å². The smallest absolute Gasteiger partial charge is 0.315 e. The summed E-state index contributed by atoms with van der Waals surface area (Å²) in [5.41, 5.74) is -0.694. The van der Waals surface area contributed by atoms with Crippen LogP contribution < -0.4 is 10.6 Å². The number of piperidine rings is 2. The molecule has 0 spiro atoms. The molecule has 6 heteroatoms. The Morgan fingerprint density at radius 2 is 1.86 bits per heavy atom. The van der Waals surface area contributed by atoms with Crippen molar-refractivity contribution in [2.45, 2.75) is 63.1 Å². The van der Waals surface area contributed by atoms with Crippen LogP contribution >= 0.6 is 0 Å². The van der Waals surface area contributed by atoms with Crippen molar-refractivity contribution in [3.63, 3.8) is 0 Å². The van der Waals surface area contributed by atoms with Crippen molar-refractivity contribution in [2.75, 3.05) is 13.6 Å². The lowest BCUT2D eigenvalue weighted by molar-refractivity contribution is -0.143. The van der Waals surface area contributed by atoms with Crippen molar-refractivity contribution in [3.8, 4) is 0 Å². The molecule has 2 amide bonds. The highest BCUT2D eigenvalue weighted by atomic mass is 16.4. The van der Waals surface area contributed by atoms with E-state index in [0.29, 0.717) is 24.9 Å². The van der Waals surface area contributed by atoms with E-state index in [4.69, 9.17) is 5.11 Å². The van der Waals surface area contributed by atoms with Gasteiger partial charge in [0.05, 0.1) is 5.41 Å². The van der Waals surface area contributed by atoms with Gasteiger partial charge in [0.2, 0.25) is 0 Å². The molecule has 3 aliphatic rings. The second-order valence-electron chi connectivity index (χ2n) is 6.98. The number of carboxylic acids is 1. The number of nitrogens with one attached hydrogen (secondary N) is 2. The van der Waals surface area contributed by atoms with Crippen LogP contribution in [-0.4, -0.2) is 53.7 Å². The zero-order chi connectivity index (χ0) is 15.0. The van der Waals surface area contributed by atoms with Crippen molar-refractivity contribution in [2.24, 2.45) is 5.41 Å². The van der Waals surface area contributed by atoms with E-state index in [9.17, 15) is 9.59 Å². The molecule has 2 atom stereocenters. The standard InChI is InChI=1S/C15H25N3O3/c1-18-11-3-2-4-12(18)8-10(7-11)17-14(21)16-9-15(5-6-15)13(19)20/h10-12H,2-9H2,1H3,(H,19,20)(H2,16,17,21). The number of amides is 2. The van der Waals surface area contributed by atoms with E-state index in [1.54, 1.807) is 0 Å². The Hall–Kier alpha value is -1.30. The molecular formula is C15H25N3O3. The summed E-state index contributed by atoms with van der Waals surface area (Å²) in [4.78, 5) is 25.5. The first-order valence-electron chi connectivity index (χ1n) is 8.00. The van der Waals surface area contributed by atoms with E-state index in [2.05, 4.69) is 22.6 Å². The summed E-state index contributed by atoms with van der Waals surface area (Å²) in [6, 6.07) is 1.17. The Kier molecular flexibility index (Phi) is 3.82. The van der Waals surface area contributed by atoms with Crippen LogP contribution in [0.5, 0.6) is 0 Å². The average molecular weight is 295 g/mol. The van der Waals surface area contributed by atoms with Crippen LogP contribution in [0.1, 0.15) is 44.9 Å². The molecule has 2 aliphatic heterocycles. The monoisotopic (exact) mass is 295 g/mol. The van der Waals surface area contributed by atoms with E-state index >= 15 is 0 Å². The molecule has 2 bridgehead atoms. The maximum atomic E-state index is 12.0. The minimum absolute atomic E-state index is 0.213. The molecule has 0 aromatic carbocycles. The highest BCUT2D eigenvalue weighted by Gasteiger charge is 2.50. The van der Waals surface area contributed by atoms with E-state index < -0.39 is 11.4 Å². The van der Waals surface area contributed by atoms with Crippen LogP contribution in [0.2, 0.25) is 0 Å². The topological polar surface area (TPSA) is 81.7 Å². The molecular weight excluding hydrogens is 270 g/mol. The van der Waals surface area contributed by atoms with Gasteiger partial charge in [-0.1, -0.05) is 6.42 Å². The molecule has 1 saturated carbocycles. The van der Waals surface area contributed by atoms with Gasteiger partial charge in [-0.2, -0.15) is 0 Å². The number of carbonyl (C=O) groups is 2. The largest absolute Gasteiger partial charge is 0.481 e. The molecule has 118 valence electrons. The number of urea groups is 1.